The Bertz CT molecular complexity index is 1850. The highest BCUT2D eigenvalue weighted by atomic mass is 28.4. The number of urea groups is 1. The predicted molar refractivity (Wildman–Crippen MR) is 227 cm³/mol. The Kier molecular flexibility index (Phi) is 10.7. The Labute approximate surface area is 322 Å². The average molecular weight is 805 g/mol. The van der Waals surface area contributed by atoms with Crippen LogP contribution >= 0.6 is 0 Å². The molecule has 53 heavy (non-hydrogen) atoms. The number of hydrogen-bond donors (Lipinski definition) is 1. The first-order chi connectivity index (χ1) is 24.2. The van der Waals surface area contributed by atoms with E-state index in [1.807, 2.05) is 90.9 Å². The van der Waals surface area contributed by atoms with E-state index in [9.17, 15) is 14.7 Å². The van der Waals surface area contributed by atoms with Crippen LogP contribution in [0.2, 0.25) is 91.7 Å². The summed E-state index contributed by atoms with van der Waals surface area (Å²) in [5, 5.41) is 12.5. The number of rotatable bonds is 11. The number of carbonyl (C=O) groups is 3. The van der Waals surface area contributed by atoms with Gasteiger partial charge in [0, 0.05) is 0 Å². The number of benzene rings is 3. The molecule has 286 valence electrons. The third kappa shape index (κ3) is 7.60. The van der Waals surface area contributed by atoms with Gasteiger partial charge in [0.2, 0.25) is 20.1 Å². The van der Waals surface area contributed by atoms with Gasteiger partial charge in [-0.1, -0.05) is 139 Å². The van der Waals surface area contributed by atoms with Crippen molar-refractivity contribution in [2.45, 2.75) is 116 Å². The maximum Gasteiger partial charge on any atom is 0.311 e. The Hall–Kier alpha value is -3.13. The molecule has 0 spiro atoms. The summed E-state index contributed by atoms with van der Waals surface area (Å²) >= 11 is 0. The van der Waals surface area contributed by atoms with Crippen molar-refractivity contribution in [1.29, 1.82) is 0 Å². The lowest BCUT2D eigenvalue weighted by Crippen LogP contribution is -2.63. The van der Waals surface area contributed by atoms with Gasteiger partial charge in [0.1, 0.15) is 25.6 Å². The van der Waals surface area contributed by atoms with Gasteiger partial charge in [0.25, 0.3) is 0 Å². The van der Waals surface area contributed by atoms with Crippen LogP contribution in [0.25, 0.3) is 0 Å². The van der Waals surface area contributed by atoms with Crippen LogP contribution in [0.4, 0.5) is 4.79 Å². The molecule has 1 N–H and O–H groups in total. The van der Waals surface area contributed by atoms with Gasteiger partial charge < -0.3 is 18.7 Å². The molecule has 3 aromatic carbocycles. The average Bonchev–Trinajstić information content (AvgIpc) is 3.44. The maximum atomic E-state index is 15.3. The molecule has 9 nitrogen and oxygen atoms in total. The number of hydrogen-bond acceptors (Lipinski definition) is 6. The molecular weight excluding hydrogens is 745 g/mol. The molecule has 2 aliphatic rings. The van der Waals surface area contributed by atoms with Gasteiger partial charge in [0.05, 0.1) is 0 Å². The number of amides is 4. The Morgan fingerprint density at radius 3 is 1.62 bits per heavy atom. The van der Waals surface area contributed by atoms with Crippen molar-refractivity contribution in [2.24, 2.45) is 0 Å². The quantitative estimate of drug-likeness (QED) is 0.155. The minimum absolute atomic E-state index is 0.104. The molecule has 14 heteroatoms. The summed E-state index contributed by atoms with van der Waals surface area (Å²) in [7, 11) is -11.5. The number of aliphatic hydroxyl groups excluding tert-OH is 1. The Morgan fingerprint density at radius 2 is 1.15 bits per heavy atom. The maximum absolute atomic E-state index is 15.3. The molecule has 0 bridgehead atoms. The van der Waals surface area contributed by atoms with Crippen molar-refractivity contribution < 1.29 is 23.9 Å². The first-order valence-corrected chi connectivity index (χ1v) is 35.6. The van der Waals surface area contributed by atoms with Gasteiger partial charge in [0.15, 0.2) is 31.1 Å². The zero-order valence-electron chi connectivity index (χ0n) is 34.2. The second-order valence-electron chi connectivity index (χ2n) is 19.2. The molecule has 2 aliphatic heterocycles. The minimum atomic E-state index is -2.75. The molecule has 2 heterocycles. The van der Waals surface area contributed by atoms with E-state index in [1.165, 1.54) is 0 Å². The van der Waals surface area contributed by atoms with Crippen molar-refractivity contribution in [3.63, 3.8) is 0 Å². The van der Waals surface area contributed by atoms with E-state index in [-0.39, 0.29) is 17.8 Å². The van der Waals surface area contributed by atoms with E-state index in [0.717, 1.165) is 28.0 Å². The molecular formula is C39H60N4O5Si5. The highest BCUT2D eigenvalue weighted by Gasteiger charge is 2.65. The van der Waals surface area contributed by atoms with E-state index >= 15 is 4.79 Å². The minimum Gasteiger partial charge on any atom is -0.544 e. The summed E-state index contributed by atoms with van der Waals surface area (Å²) in [4.78, 5) is 43.0. The van der Waals surface area contributed by atoms with E-state index in [4.69, 9.17) is 4.43 Å². The van der Waals surface area contributed by atoms with Crippen LogP contribution in [-0.2, 0) is 21.2 Å². The van der Waals surface area contributed by atoms with Crippen LogP contribution in [-0.4, -0.2) is 88.8 Å². The fourth-order valence-electron chi connectivity index (χ4n) is 8.11. The number of aliphatic hydroxyl groups is 1. The molecule has 5 rings (SSSR count). The normalized spacial score (nSPS) is 22.3. The van der Waals surface area contributed by atoms with Crippen LogP contribution in [0, 0.1) is 0 Å². The summed E-state index contributed by atoms with van der Waals surface area (Å²) in [6.07, 6.45) is -1.12. The molecule has 3 unspecified atom stereocenters. The lowest BCUT2D eigenvalue weighted by Gasteiger charge is -2.46. The molecule has 0 saturated carbocycles. The first kappa shape index (κ1) is 41.0. The third-order valence-electron chi connectivity index (χ3n) is 10.0. The fraction of sp³-hybridized carbons (Fsp3) is 0.462. The highest BCUT2D eigenvalue weighted by molar-refractivity contribution is 6.81. The second-order valence-corrected chi connectivity index (χ2v) is 42.5. The van der Waals surface area contributed by atoms with E-state index in [0.29, 0.717) is 6.04 Å². The van der Waals surface area contributed by atoms with Crippen molar-refractivity contribution in [2.75, 3.05) is 0 Å². The van der Waals surface area contributed by atoms with Crippen molar-refractivity contribution in [3.8, 4) is 5.75 Å². The van der Waals surface area contributed by atoms with E-state index < -0.39 is 59.2 Å². The lowest BCUT2D eigenvalue weighted by atomic mass is 9.83. The highest BCUT2D eigenvalue weighted by Crippen LogP contribution is 2.49. The first-order valence-electron chi connectivity index (χ1n) is 18.7. The molecule has 4 amide bonds. The van der Waals surface area contributed by atoms with E-state index in [2.05, 4.69) is 88.7 Å². The molecule has 3 aromatic rings. The number of nitrogens with zero attached hydrogens (tertiary/aromatic N) is 4. The van der Waals surface area contributed by atoms with Crippen molar-refractivity contribution in [1.82, 2.24) is 18.3 Å². The predicted octanol–water partition coefficient (Wildman–Crippen LogP) is 8.36. The second kappa shape index (κ2) is 13.9. The monoisotopic (exact) mass is 804 g/mol. The Morgan fingerprint density at radius 1 is 0.642 bits per heavy atom. The van der Waals surface area contributed by atoms with Crippen LogP contribution in [0.15, 0.2) is 78.9 Å². The summed E-state index contributed by atoms with van der Waals surface area (Å²) in [5.74, 6) is 0.543. The molecule has 3 atom stereocenters. The van der Waals surface area contributed by atoms with Gasteiger partial charge in [-0.2, -0.15) is 0 Å². The molecule has 0 aromatic heterocycles. The molecule has 0 aliphatic carbocycles. The SMILES string of the molecule is C[Si](C)(C)Oc1ccc(C2(c3ccccc3)C(=O)N([Si](C)(C)C)C(O)N2[Si](C)(C)Cc2ccc(C3C(=O)N([Si](C)(C)C)C(=O)N3[Si](C)(C)C)cc2)cc1. The van der Waals surface area contributed by atoms with Gasteiger partial charge in [-0.15, -0.1) is 0 Å². The number of carbonyl (C=O) groups excluding carboxylic acids is 3. The largest absolute Gasteiger partial charge is 0.544 e. The lowest BCUT2D eigenvalue weighted by molar-refractivity contribution is -0.130. The van der Waals surface area contributed by atoms with Crippen LogP contribution in [0.1, 0.15) is 28.3 Å². The summed E-state index contributed by atoms with van der Waals surface area (Å²) < 4.78 is 13.7. The van der Waals surface area contributed by atoms with Gasteiger partial charge in [-0.05, 0) is 60.1 Å². The Balaban J connectivity index is 1.61. The fourth-order valence-corrected chi connectivity index (χ4v) is 17.3. The summed E-state index contributed by atoms with van der Waals surface area (Å²) in [6, 6.07) is 25.8. The van der Waals surface area contributed by atoms with Gasteiger partial charge >= 0.3 is 6.03 Å². The standard InChI is InChI=1S/C39H60N4O5Si5/c1-49(2,3)40-34(35(44)41(37(40)46)50(4,5)6)30-22-20-29(21-23-30)28-53(13,14)43-38(47)42(51(7,8)9)36(45)39(43,31-18-16-15-17-19-31)32-24-26-33(27-25-32)48-52(10,11)12/h15-27,34,38,47H,28H2,1-14H3. The van der Waals surface area contributed by atoms with Crippen LogP contribution in [0.5, 0.6) is 5.75 Å². The van der Waals surface area contributed by atoms with Crippen molar-refractivity contribution >= 4 is 59.1 Å². The topological polar surface area (TPSA) is 93.6 Å². The van der Waals surface area contributed by atoms with Crippen molar-refractivity contribution in [3.05, 3.63) is 101 Å². The van der Waals surface area contributed by atoms with Gasteiger partial charge in [-0.25, -0.2) is 4.79 Å². The zero-order chi connectivity index (χ0) is 39.7. The third-order valence-corrected chi connectivity index (χ3v) is 19.6. The molecule has 0 radical (unpaired) electrons. The smallest absolute Gasteiger partial charge is 0.311 e. The van der Waals surface area contributed by atoms with Gasteiger partial charge in [-0.3, -0.25) is 18.7 Å². The zero-order valence-corrected chi connectivity index (χ0v) is 39.2. The number of imide groups is 1. The molecule has 2 saturated heterocycles. The summed E-state index contributed by atoms with van der Waals surface area (Å²) in [6.45, 7) is 29.6. The van der Waals surface area contributed by atoms with Crippen LogP contribution < -0.4 is 4.43 Å². The summed E-state index contributed by atoms with van der Waals surface area (Å²) in [5.41, 5.74) is 2.23. The van der Waals surface area contributed by atoms with Crippen LogP contribution in [0.3, 0.4) is 0 Å². The molecule has 2 fully saturated rings. The van der Waals surface area contributed by atoms with E-state index in [1.54, 1.807) is 9.13 Å².